The molecular weight excluding hydrogens is 432 g/mol. The highest BCUT2D eigenvalue weighted by Gasteiger charge is 2.18. The first-order valence-electron chi connectivity index (χ1n) is 11.0. The lowest BCUT2D eigenvalue weighted by molar-refractivity contribution is -0.121. The van der Waals surface area contributed by atoms with Crippen LogP contribution in [0, 0.1) is 13.8 Å². The van der Waals surface area contributed by atoms with Crippen molar-refractivity contribution in [3.63, 3.8) is 0 Å². The molecule has 2 heterocycles. The van der Waals surface area contributed by atoms with Crippen molar-refractivity contribution in [3.05, 3.63) is 82.0 Å². The molecule has 0 radical (unpaired) electrons. The zero-order valence-corrected chi connectivity index (χ0v) is 19.8. The summed E-state index contributed by atoms with van der Waals surface area (Å²) in [5.74, 6) is 1.05. The molecule has 34 heavy (non-hydrogen) atoms. The van der Waals surface area contributed by atoms with Gasteiger partial charge in [0.05, 0.1) is 19.6 Å². The Labute approximate surface area is 197 Å². The van der Waals surface area contributed by atoms with Gasteiger partial charge in [-0.3, -0.25) is 18.7 Å². The van der Waals surface area contributed by atoms with E-state index in [1.165, 1.54) is 10.9 Å². The molecular formula is C26H28N4O4. The molecule has 4 aromatic rings. The predicted molar refractivity (Wildman–Crippen MR) is 131 cm³/mol. The van der Waals surface area contributed by atoms with Crippen LogP contribution in [-0.4, -0.2) is 40.8 Å². The number of fused-ring (bicyclic) bond motifs is 1. The minimum Gasteiger partial charge on any atom is -0.493 e. The summed E-state index contributed by atoms with van der Waals surface area (Å²) in [5, 5.41) is 3.40. The standard InChI is InChI=1S/C26H28N4O4/c1-17-18(2)30(20-8-6-5-7-9-20)25-24(17)26(32)29(16-28-25)15-23(31)27-13-12-19-10-11-21(33-3)22(14-19)34-4/h5-11,14,16H,12-13,15H2,1-4H3,(H,27,31). The van der Waals surface area contributed by atoms with Gasteiger partial charge in [-0.25, -0.2) is 4.98 Å². The third kappa shape index (κ3) is 4.39. The summed E-state index contributed by atoms with van der Waals surface area (Å²) in [6, 6.07) is 15.4. The van der Waals surface area contributed by atoms with E-state index in [0.29, 0.717) is 35.5 Å². The largest absolute Gasteiger partial charge is 0.493 e. The van der Waals surface area contributed by atoms with E-state index in [0.717, 1.165) is 22.5 Å². The van der Waals surface area contributed by atoms with Crippen molar-refractivity contribution in [2.24, 2.45) is 0 Å². The van der Waals surface area contributed by atoms with Gasteiger partial charge in [-0.1, -0.05) is 24.3 Å². The minimum atomic E-state index is -0.249. The highest BCUT2D eigenvalue weighted by atomic mass is 16.5. The second kappa shape index (κ2) is 9.82. The Morgan fingerprint density at radius 3 is 2.47 bits per heavy atom. The first-order valence-corrected chi connectivity index (χ1v) is 11.0. The Balaban J connectivity index is 1.48. The number of amides is 1. The van der Waals surface area contributed by atoms with Gasteiger partial charge in [0, 0.05) is 17.9 Å². The monoisotopic (exact) mass is 460 g/mol. The van der Waals surface area contributed by atoms with Crippen LogP contribution < -0.4 is 20.3 Å². The highest BCUT2D eigenvalue weighted by Crippen LogP contribution is 2.27. The van der Waals surface area contributed by atoms with Crippen LogP contribution in [0.5, 0.6) is 11.5 Å². The Bertz CT molecular complexity index is 1390. The van der Waals surface area contributed by atoms with E-state index >= 15 is 0 Å². The number of methoxy groups -OCH3 is 2. The zero-order valence-electron chi connectivity index (χ0n) is 19.8. The van der Waals surface area contributed by atoms with Gasteiger partial charge in [0.1, 0.15) is 12.9 Å². The Morgan fingerprint density at radius 1 is 1.03 bits per heavy atom. The summed E-state index contributed by atoms with van der Waals surface area (Å²) in [7, 11) is 3.18. The fourth-order valence-corrected chi connectivity index (χ4v) is 4.08. The van der Waals surface area contributed by atoms with Crippen LogP contribution in [0.25, 0.3) is 16.7 Å². The Hall–Kier alpha value is -4.07. The maximum atomic E-state index is 13.2. The summed E-state index contributed by atoms with van der Waals surface area (Å²) in [4.78, 5) is 30.3. The van der Waals surface area contributed by atoms with E-state index in [-0.39, 0.29) is 18.0 Å². The number of rotatable bonds is 8. The van der Waals surface area contributed by atoms with Crippen molar-refractivity contribution in [2.75, 3.05) is 20.8 Å². The Morgan fingerprint density at radius 2 is 1.76 bits per heavy atom. The Kier molecular flexibility index (Phi) is 6.67. The summed E-state index contributed by atoms with van der Waals surface area (Å²) < 4.78 is 13.9. The third-order valence-corrected chi connectivity index (χ3v) is 5.99. The molecule has 2 aromatic heterocycles. The first-order chi connectivity index (χ1) is 16.4. The summed E-state index contributed by atoms with van der Waals surface area (Å²) in [6.07, 6.45) is 2.06. The first kappa shape index (κ1) is 23.1. The summed E-state index contributed by atoms with van der Waals surface area (Å²) in [5.41, 5.74) is 4.12. The van der Waals surface area contributed by atoms with E-state index < -0.39 is 0 Å². The molecule has 0 spiro atoms. The molecule has 1 N–H and O–H groups in total. The third-order valence-electron chi connectivity index (χ3n) is 5.99. The van der Waals surface area contributed by atoms with Crippen molar-refractivity contribution in [1.29, 1.82) is 0 Å². The van der Waals surface area contributed by atoms with Crippen molar-refractivity contribution >= 4 is 16.9 Å². The van der Waals surface area contributed by atoms with Crippen LogP contribution >= 0.6 is 0 Å². The fourth-order valence-electron chi connectivity index (χ4n) is 4.08. The second-order valence-electron chi connectivity index (χ2n) is 8.05. The van der Waals surface area contributed by atoms with Crippen LogP contribution in [0.15, 0.2) is 59.7 Å². The van der Waals surface area contributed by atoms with Crippen LogP contribution in [0.4, 0.5) is 0 Å². The number of para-hydroxylation sites is 1. The maximum Gasteiger partial charge on any atom is 0.263 e. The van der Waals surface area contributed by atoms with Gasteiger partial charge in [0.15, 0.2) is 17.1 Å². The van der Waals surface area contributed by atoms with Crippen LogP contribution in [0.1, 0.15) is 16.8 Å². The number of benzene rings is 2. The number of aryl methyl sites for hydroxylation is 1. The van der Waals surface area contributed by atoms with Gasteiger partial charge in [-0.2, -0.15) is 0 Å². The number of ether oxygens (including phenoxy) is 2. The summed E-state index contributed by atoms with van der Waals surface area (Å²) in [6.45, 7) is 4.21. The van der Waals surface area contributed by atoms with E-state index in [4.69, 9.17) is 9.47 Å². The zero-order chi connectivity index (χ0) is 24.2. The molecule has 176 valence electrons. The second-order valence-corrected chi connectivity index (χ2v) is 8.05. The number of nitrogens with zero attached hydrogens (tertiary/aromatic N) is 3. The molecule has 0 bridgehead atoms. The van der Waals surface area contributed by atoms with Crippen LogP contribution in [-0.2, 0) is 17.8 Å². The number of hydrogen-bond acceptors (Lipinski definition) is 5. The van der Waals surface area contributed by atoms with Crippen molar-refractivity contribution in [2.45, 2.75) is 26.8 Å². The van der Waals surface area contributed by atoms with Gasteiger partial charge in [0.2, 0.25) is 5.91 Å². The molecule has 0 atom stereocenters. The molecule has 0 fully saturated rings. The summed E-state index contributed by atoms with van der Waals surface area (Å²) >= 11 is 0. The molecule has 0 unspecified atom stereocenters. The van der Waals surface area contributed by atoms with Crippen LogP contribution in [0.3, 0.4) is 0 Å². The van der Waals surface area contributed by atoms with Gasteiger partial charge in [-0.15, -0.1) is 0 Å². The van der Waals surface area contributed by atoms with Gasteiger partial charge in [-0.05, 0) is 55.7 Å². The number of hydrogen-bond donors (Lipinski definition) is 1. The smallest absolute Gasteiger partial charge is 0.263 e. The lowest BCUT2D eigenvalue weighted by atomic mass is 10.1. The molecule has 8 nitrogen and oxygen atoms in total. The lowest BCUT2D eigenvalue weighted by Crippen LogP contribution is -2.33. The van der Waals surface area contributed by atoms with Gasteiger partial charge >= 0.3 is 0 Å². The molecule has 2 aromatic carbocycles. The van der Waals surface area contributed by atoms with E-state index in [2.05, 4.69) is 10.3 Å². The normalized spacial score (nSPS) is 10.9. The van der Waals surface area contributed by atoms with E-state index in [1.807, 2.05) is 66.9 Å². The van der Waals surface area contributed by atoms with E-state index in [1.54, 1.807) is 14.2 Å². The average Bonchev–Trinajstić information content (AvgIpc) is 3.11. The molecule has 1 amide bonds. The van der Waals surface area contributed by atoms with Crippen molar-refractivity contribution < 1.29 is 14.3 Å². The maximum absolute atomic E-state index is 13.2. The SMILES string of the molecule is COc1ccc(CCNC(=O)Cn2cnc3c(c(C)c(C)n3-c3ccccc3)c2=O)cc1OC. The fraction of sp³-hybridized carbons (Fsp3) is 0.269. The molecule has 0 aliphatic rings. The van der Waals surface area contributed by atoms with Crippen molar-refractivity contribution in [1.82, 2.24) is 19.4 Å². The topological polar surface area (TPSA) is 87.4 Å². The minimum absolute atomic E-state index is 0.0945. The number of aromatic nitrogens is 3. The molecule has 0 aliphatic carbocycles. The molecule has 0 saturated heterocycles. The number of carbonyl (C=O) groups excluding carboxylic acids is 1. The van der Waals surface area contributed by atoms with E-state index in [9.17, 15) is 9.59 Å². The molecule has 0 aliphatic heterocycles. The molecule has 0 saturated carbocycles. The number of carbonyl (C=O) groups is 1. The molecule has 8 heteroatoms. The number of nitrogens with one attached hydrogen (secondary N) is 1. The van der Waals surface area contributed by atoms with Crippen molar-refractivity contribution in [3.8, 4) is 17.2 Å². The highest BCUT2D eigenvalue weighted by molar-refractivity contribution is 5.83. The van der Waals surface area contributed by atoms with Gasteiger partial charge in [0.25, 0.3) is 5.56 Å². The predicted octanol–water partition coefficient (Wildman–Crippen LogP) is 3.18. The lowest BCUT2D eigenvalue weighted by Gasteiger charge is -2.11. The average molecular weight is 461 g/mol. The molecule has 4 rings (SSSR count). The quantitative estimate of drug-likeness (QED) is 0.436. The van der Waals surface area contributed by atoms with Crippen LogP contribution in [0.2, 0.25) is 0 Å². The van der Waals surface area contributed by atoms with Gasteiger partial charge < -0.3 is 14.8 Å².